The summed E-state index contributed by atoms with van der Waals surface area (Å²) in [6, 6.07) is 0.589. The molecule has 1 saturated carbocycles. The van der Waals surface area contributed by atoms with Gasteiger partial charge in [0.05, 0.1) is 26.4 Å². The molecule has 1 heterocycles. The molecule has 104 valence electrons. The maximum atomic E-state index is 5.72. The quantitative estimate of drug-likeness (QED) is 0.557. The molecule has 0 aromatic carbocycles. The third-order valence-corrected chi connectivity index (χ3v) is 3.71. The van der Waals surface area contributed by atoms with Crippen LogP contribution in [0.1, 0.15) is 32.1 Å². The van der Waals surface area contributed by atoms with Crippen LogP contribution in [0.15, 0.2) is 12.7 Å². The predicted octanol–water partition coefficient (Wildman–Crippen LogP) is 1.85. The number of ether oxygens (including phenoxy) is 3. The summed E-state index contributed by atoms with van der Waals surface area (Å²) >= 11 is 0. The van der Waals surface area contributed by atoms with Gasteiger partial charge in [-0.1, -0.05) is 6.08 Å². The first-order valence-electron chi connectivity index (χ1n) is 7.05. The van der Waals surface area contributed by atoms with Crippen LogP contribution in [-0.2, 0) is 14.2 Å². The molecule has 0 radical (unpaired) electrons. The maximum Gasteiger partial charge on any atom is 0.168 e. The van der Waals surface area contributed by atoms with E-state index in [-0.39, 0.29) is 5.79 Å². The molecule has 1 aliphatic heterocycles. The van der Waals surface area contributed by atoms with Crippen LogP contribution in [0.4, 0.5) is 0 Å². The van der Waals surface area contributed by atoms with E-state index in [0.717, 1.165) is 65.1 Å². The van der Waals surface area contributed by atoms with Crippen LogP contribution in [-0.4, -0.2) is 44.8 Å². The van der Waals surface area contributed by atoms with Crippen molar-refractivity contribution in [3.05, 3.63) is 12.7 Å². The van der Waals surface area contributed by atoms with Crippen molar-refractivity contribution in [2.75, 3.05) is 33.0 Å². The molecule has 18 heavy (non-hydrogen) atoms. The molecule has 2 rings (SSSR count). The standard InChI is InChI=1S/C14H25NO3/c1-2-3-9-16-10-8-15-13-4-6-14(7-5-13)17-11-12-18-14/h2,13,15H,1,3-12H2. The van der Waals surface area contributed by atoms with E-state index in [9.17, 15) is 0 Å². The summed E-state index contributed by atoms with van der Waals surface area (Å²) in [4.78, 5) is 0. The lowest BCUT2D eigenvalue weighted by molar-refractivity contribution is -0.179. The van der Waals surface area contributed by atoms with Crippen LogP contribution >= 0.6 is 0 Å². The Morgan fingerprint density at radius 2 is 1.94 bits per heavy atom. The van der Waals surface area contributed by atoms with Crippen LogP contribution in [0.2, 0.25) is 0 Å². The lowest BCUT2D eigenvalue weighted by Crippen LogP contribution is -2.42. The van der Waals surface area contributed by atoms with Crippen molar-refractivity contribution < 1.29 is 14.2 Å². The Kier molecular flexibility index (Phi) is 5.63. The summed E-state index contributed by atoms with van der Waals surface area (Å²) in [5, 5.41) is 3.54. The van der Waals surface area contributed by atoms with Gasteiger partial charge in [0.1, 0.15) is 0 Å². The normalized spacial score (nSPS) is 23.6. The van der Waals surface area contributed by atoms with Gasteiger partial charge in [-0.25, -0.2) is 0 Å². The number of nitrogens with one attached hydrogen (secondary N) is 1. The Morgan fingerprint density at radius 3 is 2.61 bits per heavy atom. The molecule has 4 nitrogen and oxygen atoms in total. The van der Waals surface area contributed by atoms with E-state index in [1.165, 1.54) is 0 Å². The average Bonchev–Trinajstić information content (AvgIpc) is 2.85. The van der Waals surface area contributed by atoms with E-state index in [4.69, 9.17) is 14.2 Å². The van der Waals surface area contributed by atoms with Crippen LogP contribution in [0, 0.1) is 0 Å². The Labute approximate surface area is 110 Å². The minimum Gasteiger partial charge on any atom is -0.380 e. The Balaban J connectivity index is 1.52. The molecule has 0 atom stereocenters. The lowest BCUT2D eigenvalue weighted by atomic mass is 9.90. The van der Waals surface area contributed by atoms with Gasteiger partial charge in [-0.3, -0.25) is 0 Å². The van der Waals surface area contributed by atoms with Crippen LogP contribution in [0.5, 0.6) is 0 Å². The first-order chi connectivity index (χ1) is 8.85. The van der Waals surface area contributed by atoms with E-state index in [0.29, 0.717) is 6.04 Å². The van der Waals surface area contributed by atoms with Crippen molar-refractivity contribution in [3.63, 3.8) is 0 Å². The SMILES string of the molecule is C=CCCOCCNC1CCC2(CC1)OCCO2. The predicted molar refractivity (Wildman–Crippen MR) is 70.5 cm³/mol. The third kappa shape index (κ3) is 4.05. The molecule has 1 N–H and O–H groups in total. The van der Waals surface area contributed by atoms with Crippen molar-refractivity contribution in [1.29, 1.82) is 0 Å². The summed E-state index contributed by atoms with van der Waals surface area (Å²) in [7, 11) is 0. The van der Waals surface area contributed by atoms with E-state index in [1.54, 1.807) is 0 Å². The van der Waals surface area contributed by atoms with Crippen molar-refractivity contribution in [3.8, 4) is 0 Å². The lowest BCUT2D eigenvalue weighted by Gasteiger charge is -2.35. The van der Waals surface area contributed by atoms with Gasteiger partial charge in [-0.05, 0) is 19.3 Å². The average molecular weight is 255 g/mol. The van der Waals surface area contributed by atoms with Crippen molar-refractivity contribution >= 4 is 0 Å². The van der Waals surface area contributed by atoms with Gasteiger partial charge in [-0.2, -0.15) is 0 Å². The molecule has 0 amide bonds. The molecule has 2 fully saturated rings. The van der Waals surface area contributed by atoms with E-state index < -0.39 is 0 Å². The second-order valence-corrected chi connectivity index (χ2v) is 5.03. The highest BCUT2D eigenvalue weighted by Gasteiger charge is 2.39. The molecule has 0 bridgehead atoms. The second-order valence-electron chi connectivity index (χ2n) is 5.03. The minimum absolute atomic E-state index is 0.237. The second kappa shape index (κ2) is 7.24. The first kappa shape index (κ1) is 14.0. The molecule has 0 aromatic rings. The van der Waals surface area contributed by atoms with E-state index >= 15 is 0 Å². The number of rotatable bonds is 7. The van der Waals surface area contributed by atoms with Crippen LogP contribution in [0.25, 0.3) is 0 Å². The molecule has 1 aliphatic carbocycles. The molecule has 0 unspecified atom stereocenters. The minimum atomic E-state index is -0.237. The largest absolute Gasteiger partial charge is 0.380 e. The first-order valence-corrected chi connectivity index (χ1v) is 7.05. The zero-order chi connectivity index (χ0) is 12.7. The van der Waals surface area contributed by atoms with E-state index in [2.05, 4.69) is 11.9 Å². The molecular formula is C14H25NO3. The summed E-state index contributed by atoms with van der Waals surface area (Å²) in [6.07, 6.45) is 7.11. The van der Waals surface area contributed by atoms with Crippen molar-refractivity contribution in [2.45, 2.75) is 43.9 Å². The monoisotopic (exact) mass is 255 g/mol. The molecule has 1 spiro atoms. The summed E-state index contributed by atoms with van der Waals surface area (Å²) in [6.45, 7) is 7.67. The summed E-state index contributed by atoms with van der Waals surface area (Å²) < 4.78 is 16.9. The van der Waals surface area contributed by atoms with E-state index in [1.807, 2.05) is 6.08 Å². The zero-order valence-electron chi connectivity index (χ0n) is 11.2. The van der Waals surface area contributed by atoms with Gasteiger partial charge in [0.15, 0.2) is 5.79 Å². The number of hydrogen-bond donors (Lipinski definition) is 1. The van der Waals surface area contributed by atoms with Crippen molar-refractivity contribution in [1.82, 2.24) is 5.32 Å². The van der Waals surface area contributed by atoms with Crippen LogP contribution < -0.4 is 5.32 Å². The third-order valence-electron chi connectivity index (χ3n) is 3.71. The Morgan fingerprint density at radius 1 is 1.22 bits per heavy atom. The smallest absolute Gasteiger partial charge is 0.168 e. The van der Waals surface area contributed by atoms with Gasteiger partial charge in [0, 0.05) is 25.4 Å². The fourth-order valence-electron chi connectivity index (χ4n) is 2.65. The van der Waals surface area contributed by atoms with Gasteiger partial charge >= 0.3 is 0 Å². The Hall–Kier alpha value is -0.420. The molecule has 1 saturated heterocycles. The maximum absolute atomic E-state index is 5.72. The highest BCUT2D eigenvalue weighted by atomic mass is 16.7. The summed E-state index contributed by atoms with van der Waals surface area (Å²) in [5.41, 5.74) is 0. The molecule has 0 aromatic heterocycles. The summed E-state index contributed by atoms with van der Waals surface area (Å²) in [5.74, 6) is -0.237. The number of hydrogen-bond acceptors (Lipinski definition) is 4. The van der Waals surface area contributed by atoms with Gasteiger partial charge in [-0.15, -0.1) is 6.58 Å². The Bertz CT molecular complexity index is 241. The highest BCUT2D eigenvalue weighted by molar-refractivity contribution is 4.85. The van der Waals surface area contributed by atoms with Gasteiger partial charge < -0.3 is 19.5 Å². The van der Waals surface area contributed by atoms with Gasteiger partial charge in [0.25, 0.3) is 0 Å². The van der Waals surface area contributed by atoms with Gasteiger partial charge in [0.2, 0.25) is 0 Å². The molecular weight excluding hydrogens is 230 g/mol. The highest BCUT2D eigenvalue weighted by Crippen LogP contribution is 2.35. The molecule has 2 aliphatic rings. The molecule has 4 heteroatoms. The topological polar surface area (TPSA) is 39.7 Å². The fraction of sp³-hybridized carbons (Fsp3) is 0.857. The fourth-order valence-corrected chi connectivity index (χ4v) is 2.65. The van der Waals surface area contributed by atoms with Crippen molar-refractivity contribution in [2.24, 2.45) is 0 Å². The van der Waals surface area contributed by atoms with Crippen LogP contribution in [0.3, 0.4) is 0 Å². The zero-order valence-corrected chi connectivity index (χ0v) is 11.2.